The lowest BCUT2D eigenvalue weighted by molar-refractivity contribution is -0.142. The Morgan fingerprint density at radius 2 is 2.27 bits per heavy atom. The zero-order valence-corrected chi connectivity index (χ0v) is 13.9. The summed E-state index contributed by atoms with van der Waals surface area (Å²) in [6.45, 7) is 2.41. The molecule has 0 aliphatic carbocycles. The van der Waals surface area contributed by atoms with Gasteiger partial charge < -0.3 is 10.5 Å². The summed E-state index contributed by atoms with van der Waals surface area (Å²) in [6, 6.07) is 5.21. The van der Waals surface area contributed by atoms with Gasteiger partial charge in [-0.25, -0.2) is 0 Å². The highest BCUT2D eigenvalue weighted by Gasteiger charge is 2.35. The molecule has 1 aliphatic heterocycles. The van der Waals surface area contributed by atoms with Crippen molar-refractivity contribution in [2.75, 3.05) is 12.3 Å². The summed E-state index contributed by atoms with van der Waals surface area (Å²) in [7, 11) is 0. The van der Waals surface area contributed by atoms with E-state index in [-0.39, 0.29) is 11.6 Å². The van der Waals surface area contributed by atoms with Gasteiger partial charge in [0.25, 0.3) is 5.91 Å². The van der Waals surface area contributed by atoms with Gasteiger partial charge in [-0.1, -0.05) is 18.0 Å². The number of benzene rings is 1. The Morgan fingerprint density at radius 3 is 3.00 bits per heavy atom. The van der Waals surface area contributed by atoms with E-state index >= 15 is 0 Å². The minimum absolute atomic E-state index is 0.175. The molecule has 1 amide bonds. The Bertz CT molecular complexity index is 608. The SMILES string of the molecule is CC1(C(=O)NSc2cc(Cl)c(N)c(C#N)c2)CCCCCO1. The first kappa shape index (κ1) is 16.9. The fourth-order valence-corrected chi connectivity index (χ4v) is 3.31. The lowest BCUT2D eigenvalue weighted by Gasteiger charge is -2.26. The lowest BCUT2D eigenvalue weighted by atomic mass is 9.99. The average molecular weight is 340 g/mol. The third-order valence-corrected chi connectivity index (χ3v) is 4.76. The second-order valence-corrected chi connectivity index (χ2v) is 6.69. The average Bonchev–Trinajstić information content (AvgIpc) is 2.73. The topological polar surface area (TPSA) is 88.1 Å². The van der Waals surface area contributed by atoms with Crippen LogP contribution < -0.4 is 10.5 Å². The number of anilines is 1. The number of rotatable bonds is 3. The molecule has 2 rings (SSSR count). The van der Waals surface area contributed by atoms with Gasteiger partial charge >= 0.3 is 0 Å². The molecule has 1 aliphatic rings. The van der Waals surface area contributed by atoms with Crippen molar-refractivity contribution in [3.8, 4) is 6.07 Å². The molecule has 22 heavy (non-hydrogen) atoms. The number of amides is 1. The lowest BCUT2D eigenvalue weighted by Crippen LogP contribution is -2.44. The maximum absolute atomic E-state index is 12.4. The van der Waals surface area contributed by atoms with Crippen LogP contribution in [0.2, 0.25) is 5.02 Å². The van der Waals surface area contributed by atoms with Gasteiger partial charge in [0.15, 0.2) is 0 Å². The number of ether oxygens (including phenoxy) is 1. The van der Waals surface area contributed by atoms with Crippen LogP contribution in [0.15, 0.2) is 17.0 Å². The summed E-state index contributed by atoms with van der Waals surface area (Å²) in [5, 5.41) is 9.31. The van der Waals surface area contributed by atoms with Crippen LogP contribution in [0, 0.1) is 11.3 Å². The number of nitrogens with two attached hydrogens (primary N) is 1. The summed E-state index contributed by atoms with van der Waals surface area (Å²) in [6.07, 6.45) is 3.73. The third-order valence-electron chi connectivity index (χ3n) is 3.68. The molecule has 1 saturated heterocycles. The van der Waals surface area contributed by atoms with Crippen LogP contribution in [0.1, 0.15) is 38.2 Å². The smallest absolute Gasteiger partial charge is 0.262 e. The molecule has 1 aromatic carbocycles. The van der Waals surface area contributed by atoms with Crippen LogP contribution in [-0.2, 0) is 9.53 Å². The Hall–Kier alpha value is -1.42. The molecule has 1 unspecified atom stereocenters. The second-order valence-electron chi connectivity index (χ2n) is 5.40. The second kappa shape index (κ2) is 7.23. The van der Waals surface area contributed by atoms with Gasteiger partial charge in [0, 0.05) is 11.5 Å². The van der Waals surface area contributed by atoms with Gasteiger partial charge in [0.2, 0.25) is 0 Å². The van der Waals surface area contributed by atoms with E-state index in [1.54, 1.807) is 12.1 Å². The first-order valence-electron chi connectivity index (χ1n) is 7.06. The van der Waals surface area contributed by atoms with Crippen molar-refractivity contribution >= 4 is 35.1 Å². The summed E-state index contributed by atoms with van der Waals surface area (Å²) >= 11 is 7.09. The van der Waals surface area contributed by atoms with Crippen LogP contribution in [0.25, 0.3) is 0 Å². The largest absolute Gasteiger partial charge is 0.396 e. The van der Waals surface area contributed by atoms with Crippen molar-refractivity contribution < 1.29 is 9.53 Å². The van der Waals surface area contributed by atoms with Gasteiger partial charge in [0.05, 0.1) is 16.3 Å². The number of nitrogens with one attached hydrogen (secondary N) is 1. The van der Waals surface area contributed by atoms with E-state index in [2.05, 4.69) is 4.72 Å². The van der Waals surface area contributed by atoms with Crippen molar-refractivity contribution in [1.29, 1.82) is 5.26 Å². The van der Waals surface area contributed by atoms with Gasteiger partial charge in [-0.05, 0) is 50.3 Å². The Kier molecular flexibility index (Phi) is 5.57. The normalized spacial score (nSPS) is 21.7. The first-order chi connectivity index (χ1) is 10.5. The predicted molar refractivity (Wildman–Crippen MR) is 87.4 cm³/mol. The highest BCUT2D eigenvalue weighted by atomic mass is 35.5. The molecule has 7 heteroatoms. The maximum Gasteiger partial charge on any atom is 0.262 e. The van der Waals surface area contributed by atoms with Crippen LogP contribution in [-0.4, -0.2) is 18.1 Å². The van der Waals surface area contributed by atoms with E-state index in [0.717, 1.165) is 31.2 Å². The van der Waals surface area contributed by atoms with Crippen LogP contribution in [0.3, 0.4) is 0 Å². The van der Waals surface area contributed by atoms with Gasteiger partial charge in [-0.15, -0.1) is 0 Å². The van der Waals surface area contributed by atoms with Crippen LogP contribution >= 0.6 is 23.5 Å². The third kappa shape index (κ3) is 3.86. The minimum Gasteiger partial charge on any atom is -0.396 e. The van der Waals surface area contributed by atoms with E-state index in [0.29, 0.717) is 28.5 Å². The highest BCUT2D eigenvalue weighted by molar-refractivity contribution is 7.98. The van der Waals surface area contributed by atoms with E-state index < -0.39 is 5.60 Å². The van der Waals surface area contributed by atoms with Crippen molar-refractivity contribution in [2.24, 2.45) is 0 Å². The molecule has 118 valence electrons. The predicted octanol–water partition coefficient (Wildman–Crippen LogP) is 3.27. The monoisotopic (exact) mass is 339 g/mol. The molecule has 0 saturated carbocycles. The van der Waals surface area contributed by atoms with Crippen molar-refractivity contribution in [3.05, 3.63) is 22.7 Å². The molecule has 0 spiro atoms. The van der Waals surface area contributed by atoms with Gasteiger partial charge in [-0.2, -0.15) is 5.26 Å². The number of carbonyl (C=O) groups is 1. The molecular formula is C15H18ClN3O2S. The van der Waals surface area contributed by atoms with Gasteiger partial charge in [0.1, 0.15) is 11.7 Å². The van der Waals surface area contributed by atoms with E-state index in [4.69, 9.17) is 27.3 Å². The summed E-state index contributed by atoms with van der Waals surface area (Å²) in [5.41, 5.74) is 5.44. The van der Waals surface area contributed by atoms with Crippen LogP contribution in [0.4, 0.5) is 5.69 Å². The molecule has 0 bridgehead atoms. The summed E-state index contributed by atoms with van der Waals surface area (Å²) in [4.78, 5) is 13.0. The molecule has 1 fully saturated rings. The number of hydrogen-bond donors (Lipinski definition) is 2. The first-order valence-corrected chi connectivity index (χ1v) is 8.26. The quantitative estimate of drug-likeness (QED) is 0.651. The zero-order chi connectivity index (χ0) is 16.2. The van der Waals surface area contributed by atoms with E-state index in [1.807, 2.05) is 13.0 Å². The standard InChI is InChI=1S/C15H18ClN3O2S/c1-15(5-3-2-4-6-21-15)14(20)19-22-11-7-10(9-17)13(18)12(16)8-11/h7-8H,2-6,18H2,1H3,(H,19,20). The van der Waals surface area contributed by atoms with Crippen LogP contribution in [0.5, 0.6) is 0 Å². The minimum atomic E-state index is -0.806. The van der Waals surface area contributed by atoms with Crippen molar-refractivity contribution in [1.82, 2.24) is 4.72 Å². The molecule has 1 atom stereocenters. The summed E-state index contributed by atoms with van der Waals surface area (Å²) < 4.78 is 8.48. The Balaban J connectivity index is 2.05. The molecule has 0 aromatic heterocycles. The molecular weight excluding hydrogens is 322 g/mol. The number of hydrogen-bond acceptors (Lipinski definition) is 5. The van der Waals surface area contributed by atoms with E-state index in [9.17, 15) is 4.79 Å². The number of nitrogen functional groups attached to an aromatic ring is 1. The molecule has 5 nitrogen and oxygen atoms in total. The fraction of sp³-hybridized carbons (Fsp3) is 0.467. The number of carbonyl (C=O) groups excluding carboxylic acids is 1. The highest BCUT2D eigenvalue weighted by Crippen LogP contribution is 2.30. The molecule has 0 radical (unpaired) electrons. The summed E-state index contributed by atoms with van der Waals surface area (Å²) in [5.74, 6) is -0.175. The zero-order valence-electron chi connectivity index (χ0n) is 12.3. The number of nitrogens with zero attached hydrogens (tertiary/aromatic N) is 1. The Labute approximate surface area is 139 Å². The number of halogens is 1. The fourth-order valence-electron chi connectivity index (χ4n) is 2.25. The molecule has 3 N–H and O–H groups in total. The molecule has 1 aromatic rings. The Morgan fingerprint density at radius 1 is 1.50 bits per heavy atom. The molecule has 1 heterocycles. The van der Waals surface area contributed by atoms with E-state index in [1.165, 1.54) is 0 Å². The van der Waals surface area contributed by atoms with Gasteiger partial charge in [-0.3, -0.25) is 9.52 Å². The van der Waals surface area contributed by atoms with Crippen molar-refractivity contribution in [2.45, 2.75) is 43.1 Å². The number of nitriles is 1. The maximum atomic E-state index is 12.4. The van der Waals surface area contributed by atoms with Crippen molar-refractivity contribution in [3.63, 3.8) is 0 Å².